The number of aryl methyl sites for hydroxylation is 1. The Kier molecular flexibility index (Phi) is 4.33. The number of halogens is 1. The van der Waals surface area contributed by atoms with Crippen LogP contribution in [0.2, 0.25) is 5.02 Å². The van der Waals surface area contributed by atoms with Gasteiger partial charge in [-0.05, 0) is 6.42 Å². The van der Waals surface area contributed by atoms with E-state index in [1.807, 2.05) is 6.20 Å². The number of hydrogen-bond acceptors (Lipinski definition) is 6. The molecule has 0 fully saturated rings. The first-order chi connectivity index (χ1) is 8.72. The number of nitrogens with zero attached hydrogens (tertiary/aromatic N) is 3. The SMILES string of the molecule is CCc1cnc(CNc2nc(NC)ncc2Cl)s1. The van der Waals surface area contributed by atoms with E-state index in [9.17, 15) is 0 Å². The van der Waals surface area contributed by atoms with Crippen molar-refractivity contribution < 1.29 is 0 Å². The van der Waals surface area contributed by atoms with Crippen molar-refractivity contribution in [3.63, 3.8) is 0 Å². The molecule has 96 valence electrons. The van der Waals surface area contributed by atoms with E-state index < -0.39 is 0 Å². The van der Waals surface area contributed by atoms with Gasteiger partial charge < -0.3 is 10.6 Å². The van der Waals surface area contributed by atoms with E-state index in [0.29, 0.717) is 23.3 Å². The summed E-state index contributed by atoms with van der Waals surface area (Å²) in [5.74, 6) is 1.15. The molecule has 18 heavy (non-hydrogen) atoms. The summed E-state index contributed by atoms with van der Waals surface area (Å²) in [6.07, 6.45) is 4.49. The van der Waals surface area contributed by atoms with Crippen molar-refractivity contribution in [2.75, 3.05) is 17.7 Å². The predicted molar refractivity (Wildman–Crippen MR) is 75.4 cm³/mol. The fourth-order valence-corrected chi connectivity index (χ4v) is 2.32. The molecule has 0 atom stereocenters. The van der Waals surface area contributed by atoms with Crippen LogP contribution in [0.4, 0.5) is 11.8 Å². The Morgan fingerprint density at radius 2 is 2.17 bits per heavy atom. The first-order valence-electron chi connectivity index (χ1n) is 5.60. The highest BCUT2D eigenvalue weighted by Crippen LogP contribution is 2.21. The lowest BCUT2D eigenvalue weighted by Crippen LogP contribution is -2.04. The molecule has 5 nitrogen and oxygen atoms in total. The third-order valence-corrected chi connectivity index (χ3v) is 3.74. The van der Waals surface area contributed by atoms with Gasteiger partial charge in [0.1, 0.15) is 10.0 Å². The minimum absolute atomic E-state index is 0.501. The van der Waals surface area contributed by atoms with Crippen molar-refractivity contribution in [1.29, 1.82) is 0 Å². The van der Waals surface area contributed by atoms with Gasteiger partial charge in [-0.15, -0.1) is 11.3 Å². The molecule has 0 aromatic carbocycles. The van der Waals surface area contributed by atoms with Crippen LogP contribution in [0.3, 0.4) is 0 Å². The minimum atomic E-state index is 0.501. The summed E-state index contributed by atoms with van der Waals surface area (Å²) in [5.41, 5.74) is 0. The van der Waals surface area contributed by atoms with Crippen LogP contribution in [0.15, 0.2) is 12.4 Å². The third-order valence-electron chi connectivity index (χ3n) is 2.32. The Hall–Kier alpha value is -1.40. The Morgan fingerprint density at radius 3 is 2.83 bits per heavy atom. The summed E-state index contributed by atoms with van der Waals surface area (Å²) >= 11 is 7.71. The smallest absolute Gasteiger partial charge is 0.224 e. The van der Waals surface area contributed by atoms with Crippen molar-refractivity contribution in [2.45, 2.75) is 19.9 Å². The molecule has 0 aliphatic rings. The monoisotopic (exact) mass is 283 g/mol. The van der Waals surface area contributed by atoms with Crippen LogP contribution in [-0.4, -0.2) is 22.0 Å². The molecule has 0 bridgehead atoms. The van der Waals surface area contributed by atoms with Crippen LogP contribution >= 0.6 is 22.9 Å². The van der Waals surface area contributed by atoms with Crippen molar-refractivity contribution in [3.8, 4) is 0 Å². The van der Waals surface area contributed by atoms with Gasteiger partial charge in [-0.25, -0.2) is 9.97 Å². The maximum Gasteiger partial charge on any atom is 0.224 e. The van der Waals surface area contributed by atoms with Crippen LogP contribution in [-0.2, 0) is 13.0 Å². The maximum atomic E-state index is 6.02. The second-order valence-electron chi connectivity index (χ2n) is 3.57. The molecule has 2 heterocycles. The van der Waals surface area contributed by atoms with Crippen LogP contribution in [0.1, 0.15) is 16.8 Å². The van der Waals surface area contributed by atoms with Gasteiger partial charge in [0.05, 0.1) is 12.7 Å². The lowest BCUT2D eigenvalue weighted by Gasteiger charge is -2.06. The Balaban J connectivity index is 2.05. The molecule has 2 aromatic rings. The van der Waals surface area contributed by atoms with Crippen molar-refractivity contribution in [3.05, 3.63) is 27.3 Å². The summed E-state index contributed by atoms with van der Waals surface area (Å²) in [6, 6.07) is 0. The van der Waals surface area contributed by atoms with Gasteiger partial charge in [0.2, 0.25) is 5.95 Å². The lowest BCUT2D eigenvalue weighted by molar-refractivity contribution is 1.06. The van der Waals surface area contributed by atoms with Gasteiger partial charge >= 0.3 is 0 Å². The van der Waals surface area contributed by atoms with Gasteiger partial charge in [0.25, 0.3) is 0 Å². The highest BCUT2D eigenvalue weighted by Gasteiger charge is 2.06. The molecule has 0 saturated carbocycles. The molecule has 0 spiro atoms. The van der Waals surface area contributed by atoms with Crippen molar-refractivity contribution in [1.82, 2.24) is 15.0 Å². The summed E-state index contributed by atoms with van der Waals surface area (Å²) in [6.45, 7) is 2.73. The van der Waals surface area contributed by atoms with Crippen molar-refractivity contribution in [2.24, 2.45) is 0 Å². The van der Waals surface area contributed by atoms with Gasteiger partial charge in [0, 0.05) is 18.1 Å². The van der Waals surface area contributed by atoms with Gasteiger partial charge in [0.15, 0.2) is 5.82 Å². The van der Waals surface area contributed by atoms with E-state index in [-0.39, 0.29) is 0 Å². The number of nitrogens with one attached hydrogen (secondary N) is 2. The molecular weight excluding hydrogens is 270 g/mol. The molecule has 2 rings (SSSR count). The minimum Gasteiger partial charge on any atom is -0.362 e. The van der Waals surface area contributed by atoms with Crippen LogP contribution < -0.4 is 10.6 Å². The average molecular weight is 284 g/mol. The number of anilines is 2. The molecule has 0 saturated heterocycles. The zero-order valence-corrected chi connectivity index (χ0v) is 11.8. The quantitative estimate of drug-likeness (QED) is 0.883. The fourth-order valence-electron chi connectivity index (χ4n) is 1.36. The van der Waals surface area contributed by atoms with Gasteiger partial charge in [-0.2, -0.15) is 4.98 Å². The maximum absolute atomic E-state index is 6.02. The summed E-state index contributed by atoms with van der Waals surface area (Å²) < 4.78 is 0. The van der Waals surface area contributed by atoms with E-state index in [0.717, 1.165) is 11.4 Å². The predicted octanol–water partition coefficient (Wildman–Crippen LogP) is 2.80. The topological polar surface area (TPSA) is 62.7 Å². The highest BCUT2D eigenvalue weighted by molar-refractivity contribution is 7.11. The second kappa shape index (κ2) is 5.97. The summed E-state index contributed by atoms with van der Waals surface area (Å²) in [4.78, 5) is 13.9. The summed E-state index contributed by atoms with van der Waals surface area (Å²) in [5, 5.41) is 7.56. The Labute approximate surface area is 115 Å². The molecule has 0 unspecified atom stereocenters. The summed E-state index contributed by atoms with van der Waals surface area (Å²) in [7, 11) is 1.77. The standard InChI is InChI=1S/C11H14ClN5S/c1-3-7-4-14-9(18-7)6-15-10-8(12)5-16-11(13-2)17-10/h4-5H,3,6H2,1-2H3,(H2,13,15,16,17). The average Bonchev–Trinajstić information content (AvgIpc) is 2.86. The molecule has 7 heteroatoms. The van der Waals surface area contributed by atoms with Gasteiger partial charge in [-0.3, -0.25) is 0 Å². The first kappa shape index (κ1) is 13.0. The number of rotatable bonds is 5. The fraction of sp³-hybridized carbons (Fsp3) is 0.364. The number of hydrogen-bond donors (Lipinski definition) is 2. The largest absolute Gasteiger partial charge is 0.362 e. The van der Waals surface area contributed by atoms with E-state index in [2.05, 4.69) is 32.5 Å². The zero-order chi connectivity index (χ0) is 13.0. The van der Waals surface area contributed by atoms with Crippen LogP contribution in [0.5, 0.6) is 0 Å². The van der Waals surface area contributed by atoms with Crippen molar-refractivity contribution >= 4 is 34.7 Å². The molecule has 0 radical (unpaired) electrons. The molecule has 2 N–H and O–H groups in total. The Bertz CT molecular complexity index is 528. The zero-order valence-electron chi connectivity index (χ0n) is 10.2. The van der Waals surface area contributed by atoms with Gasteiger partial charge in [-0.1, -0.05) is 18.5 Å². The second-order valence-corrected chi connectivity index (χ2v) is 5.17. The van der Waals surface area contributed by atoms with E-state index >= 15 is 0 Å². The highest BCUT2D eigenvalue weighted by atomic mass is 35.5. The van der Waals surface area contributed by atoms with Crippen LogP contribution in [0, 0.1) is 0 Å². The lowest BCUT2D eigenvalue weighted by atomic mass is 10.4. The number of aromatic nitrogens is 3. The normalized spacial score (nSPS) is 10.4. The van der Waals surface area contributed by atoms with E-state index in [4.69, 9.17) is 11.6 Å². The number of thiazole rings is 1. The molecule has 0 amide bonds. The molecule has 2 aromatic heterocycles. The van der Waals surface area contributed by atoms with E-state index in [1.54, 1.807) is 24.6 Å². The third kappa shape index (κ3) is 3.08. The Morgan fingerprint density at radius 1 is 1.33 bits per heavy atom. The molecule has 0 aliphatic carbocycles. The van der Waals surface area contributed by atoms with E-state index in [1.165, 1.54) is 4.88 Å². The van der Waals surface area contributed by atoms with Crippen LogP contribution in [0.25, 0.3) is 0 Å². The molecular formula is C11H14ClN5S. The molecule has 0 aliphatic heterocycles. The first-order valence-corrected chi connectivity index (χ1v) is 6.80.